The molecule has 0 radical (unpaired) electrons. The van der Waals surface area contributed by atoms with E-state index in [0.717, 1.165) is 12.8 Å². The van der Waals surface area contributed by atoms with Gasteiger partial charge in [-0.15, -0.1) is 0 Å². The molecule has 1 saturated heterocycles. The normalized spacial score (nSPS) is 16.9. The van der Waals surface area contributed by atoms with Crippen LogP contribution in [0.15, 0.2) is 42.5 Å². The van der Waals surface area contributed by atoms with Gasteiger partial charge in [-0.25, -0.2) is 4.39 Å². The Labute approximate surface area is 227 Å². The molecule has 0 saturated carbocycles. The number of halogens is 1. The van der Waals surface area contributed by atoms with Crippen LogP contribution in [0.1, 0.15) is 44.6 Å². The van der Waals surface area contributed by atoms with Crippen LogP contribution < -0.4 is 31.2 Å². The highest BCUT2D eigenvalue weighted by molar-refractivity contribution is 7.09. The number of primary amides is 1. The van der Waals surface area contributed by atoms with Gasteiger partial charge in [-0.3, -0.25) is 19.3 Å². The van der Waals surface area contributed by atoms with E-state index in [1.165, 1.54) is 29.2 Å². The summed E-state index contributed by atoms with van der Waals surface area (Å²) < 4.78 is 34.8. The molecule has 3 amide bonds. The number of nitrogen functional groups attached to an aromatic ring is 1. The van der Waals surface area contributed by atoms with Gasteiger partial charge in [0.2, 0.25) is 5.91 Å². The van der Waals surface area contributed by atoms with E-state index in [2.05, 4.69) is 9.69 Å². The fourth-order valence-electron chi connectivity index (χ4n) is 4.48. The minimum atomic E-state index is -1.26. The summed E-state index contributed by atoms with van der Waals surface area (Å²) in [7, 11) is 0. The van der Waals surface area contributed by atoms with E-state index in [1.807, 2.05) is 0 Å². The number of carbonyl (C=O) groups is 3. The van der Waals surface area contributed by atoms with Crippen molar-refractivity contribution < 1.29 is 33.0 Å². The average molecular weight is 556 g/mol. The second kappa shape index (κ2) is 11.3. The van der Waals surface area contributed by atoms with Crippen molar-refractivity contribution >= 4 is 40.6 Å². The monoisotopic (exact) mass is 555 g/mol. The van der Waals surface area contributed by atoms with Crippen molar-refractivity contribution in [3.8, 4) is 11.5 Å². The van der Waals surface area contributed by atoms with Gasteiger partial charge in [-0.2, -0.15) is 4.37 Å². The van der Waals surface area contributed by atoms with E-state index in [-0.39, 0.29) is 34.6 Å². The molecule has 3 aromatic rings. The number of rotatable bonds is 8. The number of nitrogens with zero attached hydrogens (tertiary/aromatic N) is 2. The van der Waals surface area contributed by atoms with Crippen molar-refractivity contribution in [2.75, 3.05) is 37.0 Å². The number of aromatic nitrogens is 1. The van der Waals surface area contributed by atoms with Crippen molar-refractivity contribution in [1.29, 1.82) is 0 Å². The van der Waals surface area contributed by atoms with Crippen molar-refractivity contribution in [1.82, 2.24) is 9.69 Å². The highest BCUT2D eigenvalue weighted by Gasteiger charge is 2.37. The van der Waals surface area contributed by atoms with Crippen LogP contribution in [0, 0.1) is 5.82 Å². The molecular formula is C26H26FN5O6S. The van der Waals surface area contributed by atoms with E-state index < -0.39 is 29.6 Å². The summed E-state index contributed by atoms with van der Waals surface area (Å²) in [5, 5.41) is 2.87. The van der Waals surface area contributed by atoms with Crippen LogP contribution in [-0.4, -0.2) is 54.6 Å². The van der Waals surface area contributed by atoms with E-state index in [1.54, 1.807) is 18.2 Å². The lowest BCUT2D eigenvalue weighted by molar-refractivity contribution is -0.123. The highest BCUT2D eigenvalue weighted by atomic mass is 32.1. The van der Waals surface area contributed by atoms with Gasteiger partial charge < -0.3 is 31.0 Å². The predicted molar refractivity (Wildman–Crippen MR) is 140 cm³/mol. The highest BCUT2D eigenvalue weighted by Crippen LogP contribution is 2.39. The molecule has 2 aromatic carbocycles. The first kappa shape index (κ1) is 26.4. The Hall–Kier alpha value is -4.23. The minimum Gasteiger partial charge on any atom is -0.486 e. The molecule has 204 valence electrons. The zero-order chi connectivity index (χ0) is 27.5. The van der Waals surface area contributed by atoms with Crippen molar-refractivity contribution in [2.24, 2.45) is 5.73 Å². The van der Waals surface area contributed by atoms with E-state index in [9.17, 15) is 18.8 Å². The molecule has 2 unspecified atom stereocenters. The molecule has 2 aliphatic heterocycles. The smallest absolute Gasteiger partial charge is 0.273 e. The Balaban J connectivity index is 1.61. The molecule has 0 aliphatic carbocycles. The van der Waals surface area contributed by atoms with Gasteiger partial charge in [0.25, 0.3) is 11.8 Å². The first-order valence-electron chi connectivity index (χ1n) is 12.3. The largest absolute Gasteiger partial charge is 0.486 e. The SMILES string of the molecule is NC(=O)c1nsc(C(=O)N(c2ccc3c(c2)OCCO3)C(C(=O)NCC2CCCO2)c2ccc(F)cc2)c1N. The van der Waals surface area contributed by atoms with E-state index in [0.29, 0.717) is 48.4 Å². The number of fused-ring (bicyclic) bond motifs is 1. The minimum absolute atomic E-state index is 0.0854. The molecule has 3 heterocycles. The molecule has 2 atom stereocenters. The molecule has 13 heteroatoms. The van der Waals surface area contributed by atoms with E-state index >= 15 is 0 Å². The molecule has 1 aromatic heterocycles. The maximum atomic E-state index is 14.1. The maximum Gasteiger partial charge on any atom is 0.273 e. The molecule has 11 nitrogen and oxygen atoms in total. The molecule has 1 fully saturated rings. The summed E-state index contributed by atoms with van der Waals surface area (Å²) in [4.78, 5) is 40.8. The molecule has 5 rings (SSSR count). The van der Waals surface area contributed by atoms with Gasteiger partial charge >= 0.3 is 0 Å². The standard InChI is InChI=1S/C26H26FN5O6S/c27-15-5-3-14(4-6-15)22(25(34)30-13-17-2-1-9-36-17)32(16-7-8-18-19(12-16)38-11-10-37-18)26(35)23-20(28)21(24(29)33)31-39-23/h3-8,12,17,22H,1-2,9-11,13,28H2,(H2,29,33)(H,30,34). The Morgan fingerprint density at radius 3 is 2.51 bits per heavy atom. The quantitative estimate of drug-likeness (QED) is 0.382. The molecule has 0 bridgehead atoms. The Kier molecular flexibility index (Phi) is 7.61. The number of benzene rings is 2. The Bertz CT molecular complexity index is 1390. The number of carbonyl (C=O) groups excluding carboxylic acids is 3. The number of anilines is 2. The van der Waals surface area contributed by atoms with Crippen molar-refractivity contribution in [3.05, 3.63) is 64.4 Å². The Morgan fingerprint density at radius 2 is 1.85 bits per heavy atom. The van der Waals surface area contributed by atoms with Gasteiger partial charge in [0.15, 0.2) is 17.2 Å². The van der Waals surface area contributed by atoms with Gasteiger partial charge in [0.05, 0.1) is 11.8 Å². The summed E-state index contributed by atoms with van der Waals surface area (Å²) in [5.41, 5.74) is 11.6. The summed E-state index contributed by atoms with van der Waals surface area (Å²) in [5.74, 6) is -1.78. The van der Waals surface area contributed by atoms with Crippen LogP contribution in [0.25, 0.3) is 0 Å². The van der Waals surface area contributed by atoms with E-state index in [4.69, 9.17) is 25.7 Å². The third-order valence-corrected chi connectivity index (χ3v) is 7.25. The number of hydrogen-bond donors (Lipinski definition) is 3. The lowest BCUT2D eigenvalue weighted by Crippen LogP contribution is -2.45. The van der Waals surface area contributed by atoms with Crippen LogP contribution in [0.4, 0.5) is 15.8 Å². The number of amides is 3. The van der Waals surface area contributed by atoms with Gasteiger partial charge in [0.1, 0.15) is 29.9 Å². The topological polar surface area (TPSA) is 159 Å². The average Bonchev–Trinajstić information content (AvgIpc) is 3.60. The van der Waals surface area contributed by atoms with Crippen LogP contribution in [0.5, 0.6) is 11.5 Å². The molecular weight excluding hydrogens is 529 g/mol. The zero-order valence-corrected chi connectivity index (χ0v) is 21.5. The fourth-order valence-corrected chi connectivity index (χ4v) is 5.23. The predicted octanol–water partition coefficient (Wildman–Crippen LogP) is 2.42. The third-order valence-electron chi connectivity index (χ3n) is 6.40. The number of nitrogens with two attached hydrogens (primary N) is 2. The van der Waals surface area contributed by atoms with Gasteiger partial charge in [0, 0.05) is 24.9 Å². The second-order valence-electron chi connectivity index (χ2n) is 8.98. The summed E-state index contributed by atoms with van der Waals surface area (Å²) >= 11 is 0.690. The van der Waals surface area contributed by atoms with Crippen molar-refractivity contribution in [3.63, 3.8) is 0 Å². The molecule has 5 N–H and O–H groups in total. The second-order valence-corrected chi connectivity index (χ2v) is 9.75. The first-order valence-corrected chi connectivity index (χ1v) is 13.0. The number of nitrogens with one attached hydrogen (secondary N) is 1. The number of hydrogen-bond acceptors (Lipinski definition) is 9. The first-order chi connectivity index (χ1) is 18.8. The number of ether oxygens (including phenoxy) is 3. The molecule has 39 heavy (non-hydrogen) atoms. The van der Waals surface area contributed by atoms with Crippen LogP contribution in [-0.2, 0) is 9.53 Å². The van der Waals surface area contributed by atoms with Gasteiger partial charge in [-0.1, -0.05) is 12.1 Å². The van der Waals surface area contributed by atoms with Gasteiger partial charge in [-0.05, 0) is 54.2 Å². The summed E-state index contributed by atoms with van der Waals surface area (Å²) in [6.45, 7) is 1.51. The maximum absolute atomic E-state index is 14.1. The van der Waals surface area contributed by atoms with Crippen LogP contribution in [0.2, 0.25) is 0 Å². The zero-order valence-electron chi connectivity index (χ0n) is 20.7. The fraction of sp³-hybridized carbons (Fsp3) is 0.308. The Morgan fingerprint density at radius 1 is 1.10 bits per heavy atom. The molecule has 0 spiro atoms. The summed E-state index contributed by atoms with van der Waals surface area (Å²) in [6.07, 6.45) is 1.52. The van der Waals surface area contributed by atoms with Crippen LogP contribution >= 0.6 is 11.5 Å². The third kappa shape index (κ3) is 5.49. The van der Waals surface area contributed by atoms with Crippen molar-refractivity contribution in [2.45, 2.75) is 25.0 Å². The molecule has 2 aliphatic rings. The van der Waals surface area contributed by atoms with Crippen LogP contribution in [0.3, 0.4) is 0 Å². The lowest BCUT2D eigenvalue weighted by atomic mass is 10.0. The lowest BCUT2D eigenvalue weighted by Gasteiger charge is -2.32. The summed E-state index contributed by atoms with van der Waals surface area (Å²) in [6, 6.07) is 8.79.